The number of hydrogen-bond donors (Lipinski definition) is 0. The van der Waals surface area contributed by atoms with Crippen molar-refractivity contribution in [3.05, 3.63) is 140 Å². The van der Waals surface area contributed by atoms with Crippen LogP contribution in [0.5, 0.6) is 0 Å². The van der Waals surface area contributed by atoms with Gasteiger partial charge in [-0.25, -0.2) is 0 Å². The molecular formula is C38H23NS2. The summed E-state index contributed by atoms with van der Waals surface area (Å²) in [4.78, 5) is 2.40. The van der Waals surface area contributed by atoms with Crippen LogP contribution in [0.1, 0.15) is 0 Å². The van der Waals surface area contributed by atoms with Crippen molar-refractivity contribution >= 4 is 80.1 Å². The van der Waals surface area contributed by atoms with Gasteiger partial charge in [-0.2, -0.15) is 0 Å². The molecule has 0 aliphatic carbocycles. The predicted octanol–water partition coefficient (Wildman–Crippen LogP) is 12.1. The fourth-order valence-electron chi connectivity index (χ4n) is 6.42. The van der Waals surface area contributed by atoms with Crippen LogP contribution in [0.15, 0.2) is 140 Å². The summed E-state index contributed by atoms with van der Waals surface area (Å²) in [5.41, 5.74) is 8.91. The third kappa shape index (κ3) is 3.40. The smallest absolute Gasteiger partial charge is 0.0640 e. The third-order valence-electron chi connectivity index (χ3n) is 8.21. The Morgan fingerprint density at radius 1 is 0.415 bits per heavy atom. The van der Waals surface area contributed by atoms with Gasteiger partial charge in [-0.3, -0.25) is 0 Å². The molecule has 2 aliphatic heterocycles. The van der Waals surface area contributed by atoms with E-state index in [0.29, 0.717) is 0 Å². The maximum absolute atomic E-state index is 2.40. The Morgan fingerprint density at radius 3 is 1.51 bits per heavy atom. The van der Waals surface area contributed by atoms with Crippen LogP contribution in [0, 0.1) is 0 Å². The Labute approximate surface area is 245 Å². The number of anilines is 3. The molecule has 0 fully saturated rings. The number of nitrogens with zero attached hydrogens (tertiary/aromatic N) is 1. The van der Waals surface area contributed by atoms with Crippen LogP contribution < -0.4 is 4.90 Å². The highest BCUT2D eigenvalue weighted by atomic mass is 32.1. The zero-order chi connectivity index (χ0) is 26.9. The molecule has 0 saturated heterocycles. The number of para-hydroxylation sites is 2. The summed E-state index contributed by atoms with van der Waals surface area (Å²) in [5, 5.41) is 5.36. The van der Waals surface area contributed by atoms with E-state index >= 15 is 0 Å². The Kier molecular flexibility index (Phi) is 5.00. The summed E-state index contributed by atoms with van der Waals surface area (Å²) in [7, 11) is 0. The zero-order valence-electron chi connectivity index (χ0n) is 22.0. The first-order valence-corrected chi connectivity index (χ1v) is 15.5. The molecule has 0 bridgehead atoms. The van der Waals surface area contributed by atoms with E-state index in [1.807, 2.05) is 22.7 Å². The lowest BCUT2D eigenvalue weighted by molar-refractivity contribution is 1.30. The maximum Gasteiger partial charge on any atom is 0.0640 e. The van der Waals surface area contributed by atoms with E-state index in [-0.39, 0.29) is 0 Å². The van der Waals surface area contributed by atoms with Crippen molar-refractivity contribution in [1.82, 2.24) is 0 Å². The van der Waals surface area contributed by atoms with E-state index in [4.69, 9.17) is 0 Å². The molecule has 0 aromatic heterocycles. The van der Waals surface area contributed by atoms with Crippen molar-refractivity contribution < 1.29 is 0 Å². The van der Waals surface area contributed by atoms with Gasteiger partial charge >= 0.3 is 0 Å². The summed E-state index contributed by atoms with van der Waals surface area (Å²) in [6.07, 6.45) is 0. The van der Waals surface area contributed by atoms with Crippen LogP contribution in [0.25, 0.3) is 62.6 Å². The molecule has 0 N–H and O–H groups in total. The number of benzene rings is 7. The van der Waals surface area contributed by atoms with E-state index in [0.717, 1.165) is 11.4 Å². The molecule has 2 aliphatic rings. The molecule has 9 rings (SSSR count). The van der Waals surface area contributed by atoms with Crippen LogP contribution >= 0.6 is 22.7 Å². The van der Waals surface area contributed by atoms with E-state index in [2.05, 4.69) is 144 Å². The average Bonchev–Trinajstić information content (AvgIpc) is 3.04. The van der Waals surface area contributed by atoms with Gasteiger partial charge in [0.05, 0.1) is 10.4 Å². The van der Waals surface area contributed by atoms with Crippen LogP contribution in [0.4, 0.5) is 17.1 Å². The summed E-state index contributed by atoms with van der Waals surface area (Å²) < 4.78 is 5.36. The van der Waals surface area contributed by atoms with Gasteiger partial charge in [0.1, 0.15) is 0 Å². The lowest BCUT2D eigenvalue weighted by atomic mass is 9.91. The molecule has 0 atom stereocenters. The molecule has 7 aromatic carbocycles. The summed E-state index contributed by atoms with van der Waals surface area (Å²) in [6, 6.07) is 50.8. The lowest BCUT2D eigenvalue weighted by Crippen LogP contribution is -2.10. The van der Waals surface area contributed by atoms with Gasteiger partial charge in [0.25, 0.3) is 0 Å². The second-order valence-corrected chi connectivity index (χ2v) is 12.6. The lowest BCUT2D eigenvalue weighted by Gasteiger charge is -2.28. The van der Waals surface area contributed by atoms with Crippen LogP contribution in [0.3, 0.4) is 0 Å². The average molecular weight is 558 g/mol. The number of rotatable bonds is 4. The Morgan fingerprint density at radius 2 is 0.902 bits per heavy atom. The highest BCUT2D eigenvalue weighted by Crippen LogP contribution is 2.55. The first-order chi connectivity index (χ1) is 20.3. The topological polar surface area (TPSA) is 3.24 Å². The summed E-state index contributed by atoms with van der Waals surface area (Å²) >= 11 is 3.85. The minimum absolute atomic E-state index is 1.16. The Hall–Kier alpha value is -4.70. The van der Waals surface area contributed by atoms with Crippen molar-refractivity contribution in [2.75, 3.05) is 4.90 Å². The number of hydrogen-bond acceptors (Lipinski definition) is 3. The van der Waals surface area contributed by atoms with E-state index in [1.54, 1.807) is 0 Å². The quantitative estimate of drug-likeness (QED) is 0.154. The van der Waals surface area contributed by atoms with Gasteiger partial charge in [-0.1, -0.05) is 97.1 Å². The molecule has 0 radical (unpaired) electrons. The molecule has 0 unspecified atom stereocenters. The normalized spacial score (nSPS) is 11.9. The predicted molar refractivity (Wildman–Crippen MR) is 180 cm³/mol. The zero-order valence-corrected chi connectivity index (χ0v) is 23.7. The summed E-state index contributed by atoms with van der Waals surface area (Å²) in [6.45, 7) is 0. The van der Waals surface area contributed by atoms with Crippen molar-refractivity contribution in [3.8, 4) is 22.3 Å². The molecular weight excluding hydrogens is 535 g/mol. The minimum Gasteiger partial charge on any atom is -0.309 e. The van der Waals surface area contributed by atoms with Crippen molar-refractivity contribution in [2.24, 2.45) is 0 Å². The Bertz CT molecular complexity index is 2260. The fraction of sp³-hybridized carbons (Fsp3) is 0. The molecule has 0 spiro atoms. The first-order valence-electron chi connectivity index (χ1n) is 13.9. The second kappa shape index (κ2) is 8.90. The fourth-order valence-corrected chi connectivity index (χ4v) is 8.95. The van der Waals surface area contributed by atoms with Gasteiger partial charge < -0.3 is 4.90 Å². The summed E-state index contributed by atoms with van der Waals surface area (Å²) in [5.74, 6) is 0. The van der Waals surface area contributed by atoms with Gasteiger partial charge in [0.15, 0.2) is 0 Å². The molecule has 41 heavy (non-hydrogen) atoms. The van der Waals surface area contributed by atoms with Gasteiger partial charge in [0, 0.05) is 47.4 Å². The van der Waals surface area contributed by atoms with E-state index in [9.17, 15) is 0 Å². The van der Waals surface area contributed by atoms with Crippen molar-refractivity contribution in [2.45, 2.75) is 0 Å². The molecule has 0 amide bonds. The SMILES string of the molecule is c1ccc(-c2ccc3ccc4sc5c(N(c6ccccc6)c6ccccc6)ccc6ccc7sc2c3c4-c7c65)cc1. The van der Waals surface area contributed by atoms with E-state index in [1.165, 1.54) is 68.3 Å². The largest absolute Gasteiger partial charge is 0.309 e. The third-order valence-corrected chi connectivity index (χ3v) is 10.6. The second-order valence-electron chi connectivity index (χ2n) is 10.5. The standard InChI is InChI=1S/C38H23NS2/c1-4-10-24(11-5-1)29-20-16-25-18-23-32-35-33(25)37(29)40-31-22-19-26-17-21-30(38(41-32)34(26)36(31)35)39(27-12-6-2-7-13-27)28-14-8-3-9-15-28/h1-23H. The highest BCUT2D eigenvalue weighted by molar-refractivity contribution is 7.27. The van der Waals surface area contributed by atoms with Crippen LogP contribution in [0.2, 0.25) is 0 Å². The Balaban J connectivity index is 1.42. The van der Waals surface area contributed by atoms with Crippen LogP contribution in [-0.4, -0.2) is 0 Å². The van der Waals surface area contributed by atoms with Gasteiger partial charge in [0.2, 0.25) is 0 Å². The molecule has 3 heteroatoms. The minimum atomic E-state index is 1.16. The van der Waals surface area contributed by atoms with Gasteiger partial charge in [-0.05, 0) is 64.4 Å². The first kappa shape index (κ1) is 23.0. The molecule has 2 heterocycles. The molecule has 7 aromatic rings. The maximum atomic E-state index is 2.40. The van der Waals surface area contributed by atoms with Crippen LogP contribution in [-0.2, 0) is 0 Å². The van der Waals surface area contributed by atoms with E-state index < -0.39 is 0 Å². The monoisotopic (exact) mass is 557 g/mol. The highest BCUT2D eigenvalue weighted by Gasteiger charge is 2.26. The molecule has 192 valence electrons. The van der Waals surface area contributed by atoms with Crippen molar-refractivity contribution in [1.29, 1.82) is 0 Å². The molecule has 0 saturated carbocycles. The van der Waals surface area contributed by atoms with Gasteiger partial charge in [-0.15, -0.1) is 22.7 Å². The van der Waals surface area contributed by atoms with Crippen molar-refractivity contribution in [3.63, 3.8) is 0 Å². The molecule has 1 nitrogen and oxygen atoms in total.